The van der Waals surface area contributed by atoms with Gasteiger partial charge in [-0.1, -0.05) is 18.2 Å². The number of para-hydroxylation sites is 1. The lowest BCUT2D eigenvalue weighted by molar-refractivity contribution is 0.407. The van der Waals surface area contributed by atoms with Crippen LogP contribution in [0.4, 0.5) is 11.4 Å². The van der Waals surface area contributed by atoms with E-state index in [1.54, 1.807) is 13.2 Å². The van der Waals surface area contributed by atoms with Gasteiger partial charge in [0, 0.05) is 24.3 Å². The first kappa shape index (κ1) is 14.9. The van der Waals surface area contributed by atoms with Gasteiger partial charge in [0.1, 0.15) is 11.8 Å². The zero-order valence-corrected chi connectivity index (χ0v) is 12.5. The summed E-state index contributed by atoms with van der Waals surface area (Å²) in [6.45, 7) is 1.92. The summed E-state index contributed by atoms with van der Waals surface area (Å²) in [5.74, 6) is 0.754. The lowest BCUT2D eigenvalue weighted by Gasteiger charge is -2.26. The van der Waals surface area contributed by atoms with Gasteiger partial charge >= 0.3 is 0 Å². The van der Waals surface area contributed by atoms with Crippen LogP contribution in [0.5, 0.6) is 5.75 Å². The molecular formula is C17H19N3O. The molecule has 0 radical (unpaired) electrons. The minimum Gasteiger partial charge on any atom is -0.496 e. The number of nitrogens with zero attached hydrogens (tertiary/aromatic N) is 2. The summed E-state index contributed by atoms with van der Waals surface area (Å²) in [5, 5.41) is 9.27. The minimum atomic E-state index is -0.173. The first-order valence-electron chi connectivity index (χ1n) is 6.75. The molecule has 21 heavy (non-hydrogen) atoms. The predicted molar refractivity (Wildman–Crippen MR) is 84.8 cm³/mol. The van der Waals surface area contributed by atoms with E-state index < -0.39 is 0 Å². The molecule has 1 atom stereocenters. The van der Waals surface area contributed by atoms with Crippen LogP contribution in [0.2, 0.25) is 0 Å². The molecule has 4 heteroatoms. The second-order valence-electron chi connectivity index (χ2n) is 4.87. The number of anilines is 2. The molecule has 0 heterocycles. The fraction of sp³-hybridized carbons (Fsp3) is 0.235. The number of nitriles is 1. The number of hydrogen-bond donors (Lipinski definition) is 1. The maximum Gasteiger partial charge on any atom is 0.125 e. The van der Waals surface area contributed by atoms with Gasteiger partial charge in [0.05, 0.1) is 18.4 Å². The van der Waals surface area contributed by atoms with Crippen LogP contribution in [0, 0.1) is 11.3 Å². The minimum absolute atomic E-state index is 0.173. The molecule has 0 fully saturated rings. The molecule has 0 unspecified atom stereocenters. The highest BCUT2D eigenvalue weighted by Gasteiger charge is 2.18. The van der Waals surface area contributed by atoms with Crippen LogP contribution < -0.4 is 15.4 Å². The van der Waals surface area contributed by atoms with Crippen LogP contribution in [0.1, 0.15) is 24.1 Å². The number of ether oxygens (including phenoxy) is 1. The third kappa shape index (κ3) is 2.83. The van der Waals surface area contributed by atoms with Gasteiger partial charge in [-0.3, -0.25) is 0 Å². The Labute approximate surface area is 125 Å². The van der Waals surface area contributed by atoms with Gasteiger partial charge < -0.3 is 15.4 Å². The van der Waals surface area contributed by atoms with Crippen molar-refractivity contribution in [3.05, 3.63) is 53.6 Å². The summed E-state index contributed by atoms with van der Waals surface area (Å²) >= 11 is 0. The van der Waals surface area contributed by atoms with Crippen LogP contribution in [0.15, 0.2) is 42.5 Å². The molecular weight excluding hydrogens is 262 g/mol. The van der Waals surface area contributed by atoms with Crippen molar-refractivity contribution in [1.82, 2.24) is 0 Å². The fourth-order valence-electron chi connectivity index (χ4n) is 2.45. The maximum absolute atomic E-state index is 9.27. The van der Waals surface area contributed by atoms with Crippen molar-refractivity contribution in [1.29, 1.82) is 5.26 Å². The van der Waals surface area contributed by atoms with E-state index in [1.165, 1.54) is 0 Å². The van der Waals surface area contributed by atoms with E-state index in [-0.39, 0.29) is 6.04 Å². The maximum atomic E-state index is 9.27. The van der Waals surface area contributed by atoms with Gasteiger partial charge in [0.25, 0.3) is 0 Å². The highest BCUT2D eigenvalue weighted by molar-refractivity contribution is 5.73. The van der Waals surface area contributed by atoms with E-state index in [0.717, 1.165) is 22.7 Å². The molecule has 0 aromatic heterocycles. The van der Waals surface area contributed by atoms with E-state index in [1.807, 2.05) is 55.3 Å². The molecule has 2 N–H and O–H groups in total. The Kier molecular flexibility index (Phi) is 4.46. The summed E-state index contributed by atoms with van der Waals surface area (Å²) in [6, 6.07) is 15.3. The van der Waals surface area contributed by atoms with Crippen molar-refractivity contribution in [2.24, 2.45) is 5.73 Å². The second kappa shape index (κ2) is 6.29. The van der Waals surface area contributed by atoms with Crippen molar-refractivity contribution in [2.75, 3.05) is 19.1 Å². The lowest BCUT2D eigenvalue weighted by Crippen LogP contribution is -2.17. The number of rotatable bonds is 4. The van der Waals surface area contributed by atoms with E-state index in [4.69, 9.17) is 10.5 Å². The molecule has 2 aromatic rings. The molecule has 2 rings (SSSR count). The topological polar surface area (TPSA) is 62.3 Å². The molecule has 0 aliphatic rings. The van der Waals surface area contributed by atoms with E-state index in [2.05, 4.69) is 6.07 Å². The van der Waals surface area contributed by atoms with Crippen molar-refractivity contribution < 1.29 is 4.74 Å². The van der Waals surface area contributed by atoms with Gasteiger partial charge in [-0.2, -0.15) is 5.26 Å². The Bertz CT molecular complexity index is 674. The van der Waals surface area contributed by atoms with Crippen LogP contribution in [0.3, 0.4) is 0 Å². The molecule has 0 spiro atoms. The predicted octanol–water partition coefficient (Wildman–Crippen LogP) is 3.35. The average Bonchev–Trinajstić information content (AvgIpc) is 2.53. The summed E-state index contributed by atoms with van der Waals surface area (Å²) in [7, 11) is 3.56. The van der Waals surface area contributed by atoms with Crippen LogP contribution >= 0.6 is 0 Å². The van der Waals surface area contributed by atoms with Crippen molar-refractivity contribution >= 4 is 11.4 Å². The zero-order valence-electron chi connectivity index (χ0n) is 12.5. The molecule has 2 aromatic carbocycles. The van der Waals surface area contributed by atoms with E-state index in [0.29, 0.717) is 5.56 Å². The standard InChI is InChI=1S/C17H19N3O/c1-12(19)17-15(9-6-10-16(17)21-3)20(2)14-8-5-4-7-13(14)11-18/h4-10,12H,19H2,1-3H3/t12-/m1/s1. The molecule has 4 nitrogen and oxygen atoms in total. The van der Waals surface area contributed by atoms with Crippen LogP contribution in [-0.4, -0.2) is 14.2 Å². The number of benzene rings is 2. The summed E-state index contributed by atoms with van der Waals surface area (Å²) in [4.78, 5) is 1.97. The Hall–Kier alpha value is -2.51. The fourth-order valence-corrected chi connectivity index (χ4v) is 2.45. The monoisotopic (exact) mass is 281 g/mol. The van der Waals surface area contributed by atoms with Crippen molar-refractivity contribution in [3.8, 4) is 11.8 Å². The third-order valence-electron chi connectivity index (χ3n) is 3.47. The van der Waals surface area contributed by atoms with Gasteiger partial charge in [-0.05, 0) is 31.2 Å². The summed E-state index contributed by atoms with van der Waals surface area (Å²) in [5.41, 5.74) is 9.44. The molecule has 0 aliphatic heterocycles. The van der Waals surface area contributed by atoms with Gasteiger partial charge in [-0.15, -0.1) is 0 Å². The summed E-state index contributed by atoms with van der Waals surface area (Å²) < 4.78 is 5.42. The molecule has 0 saturated carbocycles. The Morgan fingerprint density at radius 2 is 1.81 bits per heavy atom. The number of methoxy groups -OCH3 is 1. The molecule has 0 saturated heterocycles. The molecule has 108 valence electrons. The third-order valence-corrected chi connectivity index (χ3v) is 3.47. The Morgan fingerprint density at radius 3 is 2.43 bits per heavy atom. The first-order chi connectivity index (χ1) is 10.1. The molecule has 0 amide bonds. The largest absolute Gasteiger partial charge is 0.496 e. The smallest absolute Gasteiger partial charge is 0.125 e. The van der Waals surface area contributed by atoms with Gasteiger partial charge in [0.2, 0.25) is 0 Å². The zero-order chi connectivity index (χ0) is 15.4. The number of hydrogen-bond acceptors (Lipinski definition) is 4. The van der Waals surface area contributed by atoms with E-state index in [9.17, 15) is 5.26 Å². The summed E-state index contributed by atoms with van der Waals surface area (Å²) in [6.07, 6.45) is 0. The van der Waals surface area contributed by atoms with Gasteiger partial charge in [-0.25, -0.2) is 0 Å². The normalized spacial score (nSPS) is 11.6. The van der Waals surface area contributed by atoms with Crippen molar-refractivity contribution in [2.45, 2.75) is 13.0 Å². The van der Waals surface area contributed by atoms with Crippen LogP contribution in [0.25, 0.3) is 0 Å². The number of nitrogens with two attached hydrogens (primary N) is 1. The second-order valence-corrected chi connectivity index (χ2v) is 4.87. The molecule has 0 aliphatic carbocycles. The van der Waals surface area contributed by atoms with Crippen molar-refractivity contribution in [3.63, 3.8) is 0 Å². The first-order valence-corrected chi connectivity index (χ1v) is 6.75. The average molecular weight is 281 g/mol. The van der Waals surface area contributed by atoms with Crippen LogP contribution in [-0.2, 0) is 0 Å². The SMILES string of the molecule is COc1cccc(N(C)c2ccccc2C#N)c1[C@@H](C)N. The molecule has 0 bridgehead atoms. The Morgan fingerprint density at radius 1 is 1.14 bits per heavy atom. The Balaban J connectivity index is 2.59. The van der Waals surface area contributed by atoms with Gasteiger partial charge in [0.15, 0.2) is 0 Å². The highest BCUT2D eigenvalue weighted by Crippen LogP contribution is 2.37. The quantitative estimate of drug-likeness (QED) is 0.933. The highest BCUT2D eigenvalue weighted by atomic mass is 16.5. The van der Waals surface area contributed by atoms with E-state index >= 15 is 0 Å². The lowest BCUT2D eigenvalue weighted by atomic mass is 10.0.